The van der Waals surface area contributed by atoms with Crippen molar-refractivity contribution in [3.8, 4) is 0 Å². The number of sulfonamides is 1. The first-order valence-electron chi connectivity index (χ1n) is 12.3. The van der Waals surface area contributed by atoms with E-state index in [1.807, 2.05) is 51.0 Å². The first-order valence-corrected chi connectivity index (χ1v) is 13.8. The van der Waals surface area contributed by atoms with Gasteiger partial charge in [0.2, 0.25) is 5.91 Å². The number of hydrogen-bond donors (Lipinski definition) is 3. The SMILES string of the molecule is CC(C)[C@@H](N)C(=O)OCC(C)(C)C(=O)Nc1ccc(NS(=O)(=O)c2cccc3c(N(C)C)cccc23)cc1. The predicted molar refractivity (Wildman–Crippen MR) is 152 cm³/mol. The average Bonchev–Trinajstić information content (AvgIpc) is 2.86. The third-order valence-corrected chi connectivity index (χ3v) is 7.65. The van der Waals surface area contributed by atoms with Crippen molar-refractivity contribution < 1.29 is 22.7 Å². The van der Waals surface area contributed by atoms with E-state index in [4.69, 9.17) is 10.5 Å². The molecule has 204 valence electrons. The molecule has 0 heterocycles. The normalized spacial score (nSPS) is 12.7. The van der Waals surface area contributed by atoms with Crippen molar-refractivity contribution in [2.24, 2.45) is 17.1 Å². The van der Waals surface area contributed by atoms with E-state index in [0.29, 0.717) is 16.8 Å². The molecule has 0 saturated heterocycles. The van der Waals surface area contributed by atoms with E-state index in [-0.39, 0.29) is 23.3 Å². The lowest BCUT2D eigenvalue weighted by molar-refractivity contribution is -0.150. The minimum absolute atomic E-state index is 0.0773. The molecule has 0 aliphatic heterocycles. The monoisotopic (exact) mass is 540 g/mol. The molecule has 9 nitrogen and oxygen atoms in total. The Morgan fingerprint density at radius 3 is 2.13 bits per heavy atom. The standard InChI is InChI=1S/C28H36N4O5S/c1-18(2)25(29)26(33)37-17-28(3,4)27(34)30-19-13-15-20(16-14-19)31-38(35,36)24-12-8-9-21-22(24)10-7-11-23(21)32(5)6/h7-16,18,25,31H,17,29H2,1-6H3,(H,30,34)/t25-/m1/s1. The molecule has 10 heteroatoms. The summed E-state index contributed by atoms with van der Waals surface area (Å²) in [5.74, 6) is -0.989. The molecule has 1 amide bonds. The summed E-state index contributed by atoms with van der Waals surface area (Å²) >= 11 is 0. The van der Waals surface area contributed by atoms with Crippen LogP contribution in [0.5, 0.6) is 0 Å². The van der Waals surface area contributed by atoms with Gasteiger partial charge in [0, 0.05) is 41.9 Å². The highest BCUT2D eigenvalue weighted by atomic mass is 32.2. The van der Waals surface area contributed by atoms with E-state index in [1.165, 1.54) is 0 Å². The Labute approximate surface area is 224 Å². The fourth-order valence-corrected chi connectivity index (χ4v) is 4.99. The van der Waals surface area contributed by atoms with Crippen molar-refractivity contribution >= 4 is 49.7 Å². The highest BCUT2D eigenvalue weighted by Gasteiger charge is 2.31. The van der Waals surface area contributed by atoms with Gasteiger partial charge in [-0.2, -0.15) is 0 Å². The Kier molecular flexibility index (Phi) is 8.68. The Hall–Kier alpha value is -3.63. The number of carbonyl (C=O) groups is 2. The summed E-state index contributed by atoms with van der Waals surface area (Å²) in [5.41, 5.74) is 6.53. The van der Waals surface area contributed by atoms with Gasteiger partial charge in [-0.25, -0.2) is 8.42 Å². The molecule has 3 aromatic rings. The first-order chi connectivity index (χ1) is 17.7. The molecule has 0 aliphatic carbocycles. The van der Waals surface area contributed by atoms with E-state index in [0.717, 1.165) is 11.1 Å². The molecular weight excluding hydrogens is 504 g/mol. The van der Waals surface area contributed by atoms with E-state index < -0.39 is 27.4 Å². The van der Waals surface area contributed by atoms with Gasteiger partial charge in [-0.1, -0.05) is 38.1 Å². The van der Waals surface area contributed by atoms with Crippen LogP contribution in [-0.2, 0) is 24.3 Å². The van der Waals surface area contributed by atoms with Crippen LogP contribution >= 0.6 is 0 Å². The van der Waals surface area contributed by atoms with E-state index in [2.05, 4.69) is 10.0 Å². The maximum absolute atomic E-state index is 13.3. The molecule has 0 bridgehead atoms. The summed E-state index contributed by atoms with van der Waals surface area (Å²) in [6.45, 7) is 6.82. The van der Waals surface area contributed by atoms with Crippen LogP contribution in [0.3, 0.4) is 0 Å². The summed E-state index contributed by atoms with van der Waals surface area (Å²) in [7, 11) is -0.0704. The Balaban J connectivity index is 1.71. The number of ether oxygens (including phenoxy) is 1. The van der Waals surface area contributed by atoms with Crippen molar-refractivity contribution in [3.05, 3.63) is 60.7 Å². The number of esters is 1. The largest absolute Gasteiger partial charge is 0.463 e. The molecule has 0 aromatic heterocycles. The second kappa shape index (κ2) is 11.4. The molecule has 38 heavy (non-hydrogen) atoms. The van der Waals surface area contributed by atoms with Crippen LogP contribution in [-0.4, -0.2) is 47.0 Å². The van der Waals surface area contributed by atoms with Gasteiger partial charge in [0.15, 0.2) is 0 Å². The van der Waals surface area contributed by atoms with Crippen LogP contribution in [0.25, 0.3) is 10.8 Å². The Bertz CT molecular complexity index is 1420. The smallest absolute Gasteiger partial charge is 0.323 e. The zero-order valence-corrected chi connectivity index (χ0v) is 23.4. The van der Waals surface area contributed by atoms with Gasteiger partial charge in [-0.05, 0) is 56.2 Å². The topological polar surface area (TPSA) is 131 Å². The number of nitrogens with zero attached hydrogens (tertiary/aromatic N) is 1. The lowest BCUT2D eigenvalue weighted by atomic mass is 9.93. The number of rotatable bonds is 10. The van der Waals surface area contributed by atoms with Crippen LogP contribution in [0.2, 0.25) is 0 Å². The molecule has 3 aromatic carbocycles. The predicted octanol–water partition coefficient (Wildman–Crippen LogP) is 4.20. The van der Waals surface area contributed by atoms with E-state index >= 15 is 0 Å². The number of anilines is 3. The van der Waals surface area contributed by atoms with Gasteiger partial charge in [-0.15, -0.1) is 0 Å². The van der Waals surface area contributed by atoms with Crippen molar-refractivity contribution in [2.75, 3.05) is 35.6 Å². The van der Waals surface area contributed by atoms with E-state index in [1.54, 1.807) is 56.3 Å². The average molecular weight is 541 g/mol. The summed E-state index contributed by atoms with van der Waals surface area (Å²) < 4.78 is 34.4. The highest BCUT2D eigenvalue weighted by molar-refractivity contribution is 7.93. The lowest BCUT2D eigenvalue weighted by Crippen LogP contribution is -2.41. The van der Waals surface area contributed by atoms with Crippen LogP contribution < -0.4 is 20.7 Å². The van der Waals surface area contributed by atoms with Gasteiger partial charge in [0.25, 0.3) is 10.0 Å². The molecule has 0 unspecified atom stereocenters. The third-order valence-electron chi connectivity index (χ3n) is 6.21. The fourth-order valence-electron chi connectivity index (χ4n) is 3.71. The number of fused-ring (bicyclic) bond motifs is 1. The summed E-state index contributed by atoms with van der Waals surface area (Å²) in [6.07, 6.45) is 0. The van der Waals surface area contributed by atoms with Gasteiger partial charge in [0.05, 0.1) is 10.3 Å². The minimum Gasteiger partial charge on any atom is -0.463 e. The Morgan fingerprint density at radius 1 is 0.947 bits per heavy atom. The molecule has 0 saturated carbocycles. The number of benzene rings is 3. The quantitative estimate of drug-likeness (QED) is 0.329. The van der Waals surface area contributed by atoms with E-state index in [9.17, 15) is 18.0 Å². The molecule has 4 N–H and O–H groups in total. The fraction of sp³-hybridized carbons (Fsp3) is 0.357. The Morgan fingerprint density at radius 2 is 1.53 bits per heavy atom. The number of nitrogens with one attached hydrogen (secondary N) is 2. The molecule has 0 spiro atoms. The lowest BCUT2D eigenvalue weighted by Gasteiger charge is -2.24. The van der Waals surface area contributed by atoms with Crippen molar-refractivity contribution in [3.63, 3.8) is 0 Å². The molecule has 0 radical (unpaired) electrons. The van der Waals surface area contributed by atoms with Gasteiger partial charge in [0.1, 0.15) is 12.6 Å². The number of carbonyl (C=O) groups excluding carboxylic acids is 2. The molecule has 1 atom stereocenters. The first kappa shape index (κ1) is 28.9. The zero-order chi connectivity index (χ0) is 28.3. The minimum atomic E-state index is -3.88. The maximum Gasteiger partial charge on any atom is 0.323 e. The van der Waals surface area contributed by atoms with Crippen LogP contribution in [0.15, 0.2) is 65.6 Å². The van der Waals surface area contributed by atoms with Crippen LogP contribution in [0.4, 0.5) is 17.1 Å². The number of nitrogens with two attached hydrogens (primary N) is 1. The summed E-state index contributed by atoms with van der Waals surface area (Å²) in [5, 5.41) is 4.23. The van der Waals surface area contributed by atoms with Gasteiger partial charge < -0.3 is 20.7 Å². The molecule has 0 aliphatic rings. The molecule has 0 fully saturated rings. The van der Waals surface area contributed by atoms with Crippen molar-refractivity contribution in [2.45, 2.75) is 38.6 Å². The molecular formula is C28H36N4O5S. The second-order valence-corrected chi connectivity index (χ2v) is 12.1. The van der Waals surface area contributed by atoms with Crippen molar-refractivity contribution in [1.29, 1.82) is 0 Å². The molecule has 3 rings (SSSR count). The van der Waals surface area contributed by atoms with Gasteiger partial charge in [-0.3, -0.25) is 14.3 Å². The maximum atomic E-state index is 13.3. The van der Waals surface area contributed by atoms with Gasteiger partial charge >= 0.3 is 5.97 Å². The van der Waals surface area contributed by atoms with Crippen LogP contribution in [0.1, 0.15) is 27.7 Å². The van der Waals surface area contributed by atoms with Crippen LogP contribution in [0, 0.1) is 11.3 Å². The third kappa shape index (κ3) is 6.62. The second-order valence-electron chi connectivity index (χ2n) is 10.4. The summed E-state index contributed by atoms with van der Waals surface area (Å²) in [4.78, 5) is 27.0. The summed E-state index contributed by atoms with van der Waals surface area (Å²) in [6, 6.07) is 16.3. The zero-order valence-electron chi connectivity index (χ0n) is 22.6. The number of hydrogen-bond acceptors (Lipinski definition) is 7. The highest BCUT2D eigenvalue weighted by Crippen LogP contribution is 2.31. The number of amides is 1. The van der Waals surface area contributed by atoms with Crippen molar-refractivity contribution in [1.82, 2.24) is 0 Å².